The number of benzene rings is 2. The Kier molecular flexibility index (Phi) is 4.75. The van der Waals surface area contributed by atoms with Gasteiger partial charge in [-0.05, 0) is 54.6 Å². The number of aromatic amines is 1. The lowest BCUT2D eigenvalue weighted by Gasteiger charge is -2.11. The number of ether oxygens (including phenoxy) is 1. The third-order valence-corrected chi connectivity index (χ3v) is 6.36. The Morgan fingerprint density at radius 2 is 1.76 bits per heavy atom. The zero-order valence-corrected chi connectivity index (χ0v) is 17.5. The minimum Gasteiger partial charge on any atom is -0.406 e. The van der Waals surface area contributed by atoms with Crippen LogP contribution in [0.3, 0.4) is 0 Å². The van der Waals surface area contributed by atoms with Crippen molar-refractivity contribution in [3.63, 3.8) is 0 Å². The zero-order chi connectivity index (χ0) is 24.3. The van der Waals surface area contributed by atoms with E-state index >= 15 is 0 Å². The van der Waals surface area contributed by atoms with E-state index in [1.807, 2.05) is 0 Å². The van der Waals surface area contributed by atoms with Gasteiger partial charge in [0.1, 0.15) is 17.1 Å². The molecule has 8 nitrogen and oxygen atoms in total. The third-order valence-electron chi connectivity index (χ3n) is 4.97. The number of sulfonamides is 1. The summed E-state index contributed by atoms with van der Waals surface area (Å²) in [6.07, 6.45) is -3.47. The van der Waals surface area contributed by atoms with Gasteiger partial charge >= 0.3 is 6.36 Å². The van der Waals surface area contributed by atoms with E-state index in [0.29, 0.717) is 10.9 Å². The lowest BCUT2D eigenvalue weighted by molar-refractivity contribution is -0.274. The molecule has 174 valence electrons. The van der Waals surface area contributed by atoms with Crippen molar-refractivity contribution in [1.82, 2.24) is 14.6 Å². The van der Waals surface area contributed by atoms with Crippen molar-refractivity contribution in [2.24, 2.45) is 0 Å². The number of hydrogen-bond acceptors (Lipinski definition) is 5. The molecule has 3 aromatic heterocycles. The first kappa shape index (κ1) is 21.7. The maximum atomic E-state index is 13.5. The van der Waals surface area contributed by atoms with E-state index in [9.17, 15) is 30.8 Å². The maximum absolute atomic E-state index is 13.5. The highest BCUT2D eigenvalue weighted by Crippen LogP contribution is 2.27. The smallest absolute Gasteiger partial charge is 0.406 e. The lowest BCUT2D eigenvalue weighted by atomic mass is 10.1. The molecule has 0 saturated heterocycles. The Morgan fingerprint density at radius 3 is 2.47 bits per heavy atom. The van der Waals surface area contributed by atoms with Crippen molar-refractivity contribution >= 4 is 43.0 Å². The molecule has 0 spiro atoms. The molecule has 13 heteroatoms. The topological polar surface area (TPSA) is 106 Å². The summed E-state index contributed by atoms with van der Waals surface area (Å²) in [4.78, 5) is 15.0. The van der Waals surface area contributed by atoms with Crippen LogP contribution in [-0.2, 0) is 10.0 Å². The number of alkyl halides is 3. The van der Waals surface area contributed by atoms with Gasteiger partial charge in [0.25, 0.3) is 15.6 Å². The Labute approximate surface area is 187 Å². The minimum absolute atomic E-state index is 0.0866. The molecule has 0 aliphatic rings. The summed E-state index contributed by atoms with van der Waals surface area (Å²) in [5.41, 5.74) is 0.405. The molecular formula is C21H12F4N4O4S. The fraction of sp³-hybridized carbons (Fsp3) is 0.0476. The fourth-order valence-corrected chi connectivity index (χ4v) is 4.62. The van der Waals surface area contributed by atoms with Crippen molar-refractivity contribution in [3.8, 4) is 5.75 Å². The van der Waals surface area contributed by atoms with Crippen LogP contribution in [0.5, 0.6) is 5.75 Å². The van der Waals surface area contributed by atoms with Gasteiger partial charge in [-0.3, -0.25) is 9.52 Å². The summed E-state index contributed by atoms with van der Waals surface area (Å²) >= 11 is 0. The van der Waals surface area contributed by atoms with Gasteiger partial charge in [0.05, 0.1) is 27.0 Å². The second-order valence-electron chi connectivity index (χ2n) is 7.24. The van der Waals surface area contributed by atoms with Crippen LogP contribution in [0, 0.1) is 5.82 Å². The molecule has 0 aliphatic heterocycles. The van der Waals surface area contributed by atoms with Gasteiger partial charge in [0.15, 0.2) is 0 Å². The van der Waals surface area contributed by atoms with E-state index in [1.54, 1.807) is 0 Å². The molecule has 0 saturated carbocycles. The van der Waals surface area contributed by atoms with E-state index in [-0.39, 0.29) is 27.0 Å². The second-order valence-corrected chi connectivity index (χ2v) is 8.92. The standard InChI is InChI=1S/C21H12F4N4O4S/c22-11-1-6-15-16(9-11)26-20(30)18-17-10-12(7-8-29(17)27-19(15)18)28-34(31,32)14-4-2-13(3-5-14)33-21(23,24)25/h1-10,28H,(H,26,30). The van der Waals surface area contributed by atoms with Crippen molar-refractivity contribution < 1.29 is 30.7 Å². The largest absolute Gasteiger partial charge is 0.573 e. The van der Waals surface area contributed by atoms with E-state index in [0.717, 1.165) is 24.3 Å². The molecule has 0 bridgehead atoms. The first-order chi connectivity index (χ1) is 16.0. The number of nitrogens with one attached hydrogen (secondary N) is 2. The number of rotatable bonds is 4. The molecule has 0 radical (unpaired) electrons. The SMILES string of the molecule is O=c1[nH]c2cc(F)ccc2c2nn3ccc(NS(=O)(=O)c4ccc(OC(F)(F)F)cc4)cc3c12. The monoisotopic (exact) mass is 492 g/mol. The number of anilines is 1. The Bertz CT molecular complexity index is 1740. The predicted octanol–water partition coefficient (Wildman–Crippen LogP) is 4.17. The van der Waals surface area contributed by atoms with Crippen LogP contribution in [0.15, 0.2) is 70.5 Å². The van der Waals surface area contributed by atoms with Gasteiger partial charge < -0.3 is 9.72 Å². The minimum atomic E-state index is -4.90. The highest BCUT2D eigenvalue weighted by molar-refractivity contribution is 7.92. The molecular weight excluding hydrogens is 480 g/mol. The van der Waals surface area contributed by atoms with Crippen molar-refractivity contribution in [2.45, 2.75) is 11.3 Å². The molecule has 2 aromatic carbocycles. The summed E-state index contributed by atoms with van der Waals surface area (Å²) in [6.45, 7) is 0. The van der Waals surface area contributed by atoms with E-state index in [1.165, 1.54) is 41.0 Å². The highest BCUT2D eigenvalue weighted by atomic mass is 32.2. The maximum Gasteiger partial charge on any atom is 0.573 e. The van der Waals surface area contributed by atoms with Gasteiger partial charge in [-0.2, -0.15) is 5.10 Å². The van der Waals surface area contributed by atoms with Crippen molar-refractivity contribution in [2.75, 3.05) is 4.72 Å². The Morgan fingerprint density at radius 1 is 1.03 bits per heavy atom. The normalized spacial score (nSPS) is 12.5. The Balaban J connectivity index is 1.53. The van der Waals surface area contributed by atoms with Crippen molar-refractivity contribution in [1.29, 1.82) is 0 Å². The number of H-pyrrole nitrogens is 1. The summed E-state index contributed by atoms with van der Waals surface area (Å²) in [6, 6.07) is 10.3. The van der Waals surface area contributed by atoms with Crippen molar-refractivity contribution in [3.05, 3.63) is 77.0 Å². The van der Waals surface area contributed by atoms with Crippen LogP contribution >= 0.6 is 0 Å². The Hall–Kier alpha value is -4.13. The van der Waals surface area contributed by atoms with Gasteiger partial charge in [0, 0.05) is 11.6 Å². The van der Waals surface area contributed by atoms with Crippen LogP contribution in [0.4, 0.5) is 23.2 Å². The number of fused-ring (bicyclic) bond motifs is 5. The highest BCUT2D eigenvalue weighted by Gasteiger charge is 2.31. The van der Waals surface area contributed by atoms with Gasteiger partial charge in [0.2, 0.25) is 0 Å². The number of nitrogens with zero attached hydrogens (tertiary/aromatic N) is 2. The average Bonchev–Trinajstić information content (AvgIpc) is 3.12. The summed E-state index contributed by atoms with van der Waals surface area (Å²) in [5, 5.41) is 5.04. The molecule has 3 heterocycles. The number of halogens is 4. The average molecular weight is 492 g/mol. The lowest BCUT2D eigenvalue weighted by Crippen LogP contribution is -2.17. The fourth-order valence-electron chi connectivity index (χ4n) is 3.57. The summed E-state index contributed by atoms with van der Waals surface area (Å²) in [5.74, 6) is -1.09. The van der Waals surface area contributed by atoms with Crippen LogP contribution < -0.4 is 15.0 Å². The molecule has 0 aliphatic carbocycles. The van der Waals surface area contributed by atoms with Crippen LogP contribution in [0.1, 0.15) is 0 Å². The molecule has 5 aromatic rings. The number of aromatic nitrogens is 3. The third kappa shape index (κ3) is 3.90. The first-order valence-corrected chi connectivity index (χ1v) is 11.0. The molecule has 0 atom stereocenters. The molecule has 0 fully saturated rings. The second kappa shape index (κ2) is 7.45. The van der Waals surface area contributed by atoms with Crippen LogP contribution in [-0.4, -0.2) is 29.4 Å². The quantitative estimate of drug-likeness (QED) is 0.367. The van der Waals surface area contributed by atoms with Crippen LogP contribution in [0.2, 0.25) is 0 Å². The number of hydrogen-bond donors (Lipinski definition) is 2. The van der Waals surface area contributed by atoms with Gasteiger partial charge in [-0.25, -0.2) is 17.3 Å². The molecule has 34 heavy (non-hydrogen) atoms. The van der Waals surface area contributed by atoms with Crippen LogP contribution in [0.25, 0.3) is 27.3 Å². The van der Waals surface area contributed by atoms with E-state index < -0.39 is 33.5 Å². The molecule has 2 N–H and O–H groups in total. The molecule has 0 unspecified atom stereocenters. The van der Waals surface area contributed by atoms with E-state index in [2.05, 4.69) is 19.5 Å². The zero-order valence-electron chi connectivity index (χ0n) is 16.7. The first-order valence-electron chi connectivity index (χ1n) is 9.52. The number of pyridine rings is 2. The molecule has 0 amide bonds. The van der Waals surface area contributed by atoms with Gasteiger partial charge in [-0.1, -0.05) is 0 Å². The van der Waals surface area contributed by atoms with E-state index in [4.69, 9.17) is 0 Å². The van der Waals surface area contributed by atoms with Gasteiger partial charge in [-0.15, -0.1) is 13.2 Å². The summed E-state index contributed by atoms with van der Waals surface area (Å²) in [7, 11) is -4.17. The summed E-state index contributed by atoms with van der Waals surface area (Å²) < 4.78 is 83.3. The predicted molar refractivity (Wildman–Crippen MR) is 115 cm³/mol. The molecule has 5 rings (SSSR count).